The standard InChI is InChI=1S/C10H3N5/c1-14-9(6-12)3-8(5-11)4-10(7-13)15-2/h3-4,8H/b9-3+,10-4+. The minimum absolute atomic E-state index is 0.236. The van der Waals surface area contributed by atoms with E-state index >= 15 is 0 Å². The summed E-state index contributed by atoms with van der Waals surface area (Å²) in [7, 11) is 0. The van der Waals surface area contributed by atoms with Gasteiger partial charge in [0, 0.05) is 0 Å². The second-order valence-electron chi connectivity index (χ2n) is 2.21. The predicted octanol–water partition coefficient (Wildman–Crippen LogP) is 1.78. The maximum atomic E-state index is 8.64. The van der Waals surface area contributed by atoms with E-state index in [-0.39, 0.29) is 11.4 Å². The maximum absolute atomic E-state index is 8.64. The largest absolute Gasteiger partial charge is 0.259 e. The lowest BCUT2D eigenvalue weighted by Crippen LogP contribution is -1.89. The fourth-order valence-electron chi connectivity index (χ4n) is 0.662. The predicted molar refractivity (Wildman–Crippen MR) is 49.7 cm³/mol. The summed E-state index contributed by atoms with van der Waals surface area (Å²) in [5.74, 6) is -0.905. The first kappa shape index (κ1) is 11.9. The summed E-state index contributed by atoms with van der Waals surface area (Å²) in [5.41, 5.74) is -0.472. The number of hydrogen-bond acceptors (Lipinski definition) is 3. The lowest BCUT2D eigenvalue weighted by Gasteiger charge is -1.93. The number of rotatable bonds is 2. The van der Waals surface area contributed by atoms with E-state index in [1.807, 2.05) is 0 Å². The molecule has 0 N–H and O–H groups in total. The molecule has 0 bridgehead atoms. The minimum Gasteiger partial charge on any atom is -0.227 e. The van der Waals surface area contributed by atoms with Gasteiger partial charge < -0.3 is 0 Å². The minimum atomic E-state index is -0.905. The molecule has 0 aliphatic carbocycles. The summed E-state index contributed by atoms with van der Waals surface area (Å²) in [6.07, 6.45) is 2.21. The van der Waals surface area contributed by atoms with Gasteiger partial charge >= 0.3 is 0 Å². The molecule has 0 saturated heterocycles. The Morgan fingerprint density at radius 1 is 1.00 bits per heavy atom. The third-order valence-corrected chi connectivity index (χ3v) is 1.29. The van der Waals surface area contributed by atoms with Crippen molar-refractivity contribution in [2.75, 3.05) is 0 Å². The highest BCUT2D eigenvalue weighted by atomic mass is 14.7. The first-order chi connectivity index (χ1) is 7.21. The van der Waals surface area contributed by atoms with Crippen LogP contribution < -0.4 is 0 Å². The van der Waals surface area contributed by atoms with Gasteiger partial charge in [-0.1, -0.05) is 0 Å². The molecule has 0 unspecified atom stereocenters. The topological polar surface area (TPSA) is 80.1 Å². The second-order valence-corrected chi connectivity index (χ2v) is 2.21. The van der Waals surface area contributed by atoms with Crippen LogP contribution in [0.1, 0.15) is 0 Å². The highest BCUT2D eigenvalue weighted by Crippen LogP contribution is 2.09. The number of hydrogen-bond donors (Lipinski definition) is 0. The highest BCUT2D eigenvalue weighted by molar-refractivity contribution is 5.35. The van der Waals surface area contributed by atoms with E-state index in [1.54, 1.807) is 18.2 Å². The van der Waals surface area contributed by atoms with Crippen LogP contribution in [-0.2, 0) is 0 Å². The maximum Gasteiger partial charge on any atom is 0.259 e. The van der Waals surface area contributed by atoms with E-state index in [0.29, 0.717) is 0 Å². The molecule has 0 aromatic carbocycles. The second kappa shape index (κ2) is 6.45. The van der Waals surface area contributed by atoms with Crippen LogP contribution in [-0.4, -0.2) is 0 Å². The van der Waals surface area contributed by atoms with Gasteiger partial charge in [-0.2, -0.15) is 5.26 Å². The molecule has 0 spiro atoms. The molecule has 0 aliphatic heterocycles. The first-order valence-electron chi connectivity index (χ1n) is 3.60. The quantitative estimate of drug-likeness (QED) is 0.495. The molecule has 0 rings (SSSR count). The molecule has 0 atom stereocenters. The van der Waals surface area contributed by atoms with Gasteiger partial charge in [0.15, 0.2) is 0 Å². The van der Waals surface area contributed by atoms with Crippen LogP contribution >= 0.6 is 0 Å². The SMILES string of the molecule is [C-]#[N+]/C(C#N)=C/C(C#N)/C=C(\C#N)[N+]#[C-]. The Hall–Kier alpha value is -3.07. The molecular weight excluding hydrogens is 190 g/mol. The number of allylic oxidation sites excluding steroid dienone is 4. The van der Waals surface area contributed by atoms with Crippen LogP contribution in [0.5, 0.6) is 0 Å². The van der Waals surface area contributed by atoms with Crippen LogP contribution in [0.4, 0.5) is 0 Å². The third-order valence-electron chi connectivity index (χ3n) is 1.29. The van der Waals surface area contributed by atoms with Crippen LogP contribution in [0.15, 0.2) is 23.5 Å². The molecule has 0 amide bonds. The monoisotopic (exact) mass is 193 g/mol. The zero-order chi connectivity index (χ0) is 11.7. The molecule has 0 radical (unpaired) electrons. The van der Waals surface area contributed by atoms with E-state index in [4.69, 9.17) is 28.9 Å². The fourth-order valence-corrected chi connectivity index (χ4v) is 0.662. The Labute approximate surface area is 87.0 Å². The van der Waals surface area contributed by atoms with Crippen molar-refractivity contribution in [1.82, 2.24) is 0 Å². The van der Waals surface area contributed by atoms with Crippen molar-refractivity contribution >= 4 is 0 Å². The molecule has 0 heterocycles. The van der Waals surface area contributed by atoms with Crippen molar-refractivity contribution < 1.29 is 0 Å². The molecular formula is C10H3N5. The number of nitriles is 3. The van der Waals surface area contributed by atoms with Gasteiger partial charge in [0.05, 0.1) is 37.3 Å². The van der Waals surface area contributed by atoms with Gasteiger partial charge in [0.2, 0.25) is 0 Å². The van der Waals surface area contributed by atoms with E-state index in [2.05, 4.69) is 9.69 Å². The first-order valence-corrected chi connectivity index (χ1v) is 3.60. The molecule has 15 heavy (non-hydrogen) atoms. The Morgan fingerprint density at radius 2 is 1.40 bits per heavy atom. The summed E-state index contributed by atoms with van der Waals surface area (Å²) in [6, 6.07) is 4.94. The van der Waals surface area contributed by atoms with Crippen molar-refractivity contribution in [3.8, 4) is 18.2 Å². The Bertz CT molecular complexity index is 430. The fraction of sp³-hybridized carbons (Fsp3) is 0.100. The lowest BCUT2D eigenvalue weighted by atomic mass is 10.1. The average Bonchev–Trinajstić information content (AvgIpc) is 2.30. The molecule has 0 saturated carbocycles. The molecule has 0 fully saturated rings. The van der Waals surface area contributed by atoms with Gasteiger partial charge in [-0.15, -0.1) is 0 Å². The summed E-state index contributed by atoms with van der Waals surface area (Å²) < 4.78 is 0. The smallest absolute Gasteiger partial charge is 0.227 e. The van der Waals surface area contributed by atoms with Gasteiger partial charge in [-0.25, -0.2) is 20.2 Å². The van der Waals surface area contributed by atoms with Crippen molar-refractivity contribution in [1.29, 1.82) is 15.8 Å². The van der Waals surface area contributed by atoms with Crippen LogP contribution in [0.3, 0.4) is 0 Å². The zero-order valence-electron chi connectivity index (χ0n) is 7.47. The van der Waals surface area contributed by atoms with Gasteiger partial charge in [0.1, 0.15) is 0 Å². The van der Waals surface area contributed by atoms with Crippen molar-refractivity contribution in [2.24, 2.45) is 5.92 Å². The highest BCUT2D eigenvalue weighted by Gasteiger charge is 2.04. The number of nitrogens with zero attached hydrogens (tertiary/aromatic N) is 5. The average molecular weight is 193 g/mol. The van der Waals surface area contributed by atoms with Gasteiger partial charge in [-0.3, -0.25) is 0 Å². The van der Waals surface area contributed by atoms with Crippen molar-refractivity contribution in [3.05, 3.63) is 46.4 Å². The summed E-state index contributed by atoms with van der Waals surface area (Å²) in [5, 5.41) is 25.5. The van der Waals surface area contributed by atoms with Crippen LogP contribution in [0.25, 0.3) is 9.69 Å². The van der Waals surface area contributed by atoms with Gasteiger partial charge in [-0.05, 0) is 12.2 Å². The van der Waals surface area contributed by atoms with E-state index in [9.17, 15) is 0 Å². The van der Waals surface area contributed by atoms with E-state index in [0.717, 1.165) is 12.2 Å². The Kier molecular flexibility index (Phi) is 5.13. The van der Waals surface area contributed by atoms with Crippen LogP contribution in [0.2, 0.25) is 0 Å². The Morgan fingerprint density at radius 3 is 1.60 bits per heavy atom. The van der Waals surface area contributed by atoms with E-state index in [1.165, 1.54) is 0 Å². The van der Waals surface area contributed by atoms with Crippen molar-refractivity contribution in [2.45, 2.75) is 0 Å². The summed E-state index contributed by atoms with van der Waals surface area (Å²) >= 11 is 0. The third kappa shape index (κ3) is 3.91. The molecule has 68 valence electrons. The van der Waals surface area contributed by atoms with Gasteiger partial charge in [0.25, 0.3) is 11.4 Å². The summed E-state index contributed by atoms with van der Waals surface area (Å²) in [6.45, 7) is 13.2. The zero-order valence-corrected chi connectivity index (χ0v) is 7.47. The van der Waals surface area contributed by atoms with Crippen LogP contribution in [0, 0.1) is 53.1 Å². The van der Waals surface area contributed by atoms with Crippen molar-refractivity contribution in [3.63, 3.8) is 0 Å². The molecule has 0 aromatic rings. The molecule has 5 nitrogen and oxygen atoms in total. The molecule has 5 heteroatoms. The lowest BCUT2D eigenvalue weighted by molar-refractivity contribution is 1.06. The normalized spacial score (nSPS) is 12.2. The van der Waals surface area contributed by atoms with E-state index < -0.39 is 5.92 Å². The molecule has 0 aromatic heterocycles. The molecule has 0 aliphatic rings. The Balaban J connectivity index is 5.14. The summed E-state index contributed by atoms with van der Waals surface area (Å²) in [4.78, 5) is 5.72.